The van der Waals surface area contributed by atoms with Gasteiger partial charge in [0, 0.05) is 0 Å². The van der Waals surface area contributed by atoms with E-state index in [0.29, 0.717) is 18.0 Å². The summed E-state index contributed by atoms with van der Waals surface area (Å²) in [4.78, 5) is 10.3. The average molecular weight is 449 g/mol. The first-order valence-electron chi connectivity index (χ1n) is 10.2. The molecular weight excluding hydrogens is 425 g/mol. The van der Waals surface area contributed by atoms with Crippen molar-refractivity contribution in [3.8, 4) is 16.9 Å². The van der Waals surface area contributed by atoms with Crippen molar-refractivity contribution in [1.29, 1.82) is 0 Å². The Bertz CT molecular complexity index is 1180. The van der Waals surface area contributed by atoms with Gasteiger partial charge >= 0.3 is 7.60 Å². The SMILES string of the molecule is Cc1cccc(OP(=O)(O)CNC(Cc2ccc(-c3ccccc3)cc2)c2nnn[nH]2)c1. The van der Waals surface area contributed by atoms with E-state index < -0.39 is 13.6 Å². The zero-order chi connectivity index (χ0) is 22.4. The highest BCUT2D eigenvalue weighted by molar-refractivity contribution is 7.53. The molecule has 9 heteroatoms. The molecule has 4 aromatic rings. The van der Waals surface area contributed by atoms with E-state index in [1.807, 2.05) is 43.3 Å². The summed E-state index contributed by atoms with van der Waals surface area (Å²) in [5.41, 5.74) is 4.24. The van der Waals surface area contributed by atoms with Crippen LogP contribution in [0.1, 0.15) is 23.0 Å². The minimum absolute atomic E-state index is 0.256. The van der Waals surface area contributed by atoms with E-state index >= 15 is 0 Å². The lowest BCUT2D eigenvalue weighted by Gasteiger charge is -2.19. The number of rotatable bonds is 9. The fourth-order valence-electron chi connectivity index (χ4n) is 3.37. The summed E-state index contributed by atoms with van der Waals surface area (Å²) in [7, 11) is -3.94. The Labute approximate surface area is 186 Å². The van der Waals surface area contributed by atoms with Crippen LogP contribution in [0.4, 0.5) is 0 Å². The second kappa shape index (κ2) is 9.87. The number of hydrogen-bond donors (Lipinski definition) is 3. The predicted octanol–water partition coefficient (Wildman–Crippen LogP) is 4.27. The lowest BCUT2D eigenvalue weighted by molar-refractivity contribution is 0.368. The third-order valence-corrected chi connectivity index (χ3v) is 6.05. The Balaban J connectivity index is 1.44. The van der Waals surface area contributed by atoms with Gasteiger partial charge in [0.1, 0.15) is 12.0 Å². The normalized spacial score (nSPS) is 13.9. The highest BCUT2D eigenvalue weighted by Gasteiger charge is 2.25. The van der Waals surface area contributed by atoms with Crippen LogP contribution in [-0.4, -0.2) is 31.8 Å². The lowest BCUT2D eigenvalue weighted by atomic mass is 10.0. The van der Waals surface area contributed by atoms with Gasteiger partial charge in [0.25, 0.3) is 0 Å². The number of aryl methyl sites for hydroxylation is 1. The van der Waals surface area contributed by atoms with Crippen LogP contribution < -0.4 is 9.84 Å². The second-order valence-electron chi connectivity index (χ2n) is 7.51. The van der Waals surface area contributed by atoms with Crippen LogP contribution in [-0.2, 0) is 11.0 Å². The van der Waals surface area contributed by atoms with Crippen molar-refractivity contribution in [3.63, 3.8) is 0 Å². The smallest absolute Gasteiger partial charge is 0.390 e. The van der Waals surface area contributed by atoms with Crippen molar-refractivity contribution in [3.05, 3.63) is 95.8 Å². The van der Waals surface area contributed by atoms with Crippen molar-refractivity contribution in [2.75, 3.05) is 6.29 Å². The number of aromatic nitrogens is 4. The minimum atomic E-state index is -3.94. The monoisotopic (exact) mass is 449 g/mol. The zero-order valence-corrected chi connectivity index (χ0v) is 18.4. The van der Waals surface area contributed by atoms with Gasteiger partial charge in [-0.25, -0.2) is 9.66 Å². The van der Waals surface area contributed by atoms with Gasteiger partial charge in [-0.1, -0.05) is 66.7 Å². The van der Waals surface area contributed by atoms with Crippen molar-refractivity contribution < 1.29 is 14.0 Å². The lowest BCUT2D eigenvalue weighted by Crippen LogP contribution is -2.26. The fraction of sp³-hybridized carbons (Fsp3) is 0.174. The molecule has 3 aromatic carbocycles. The molecule has 2 atom stereocenters. The molecule has 4 rings (SSSR count). The molecule has 0 spiro atoms. The zero-order valence-electron chi connectivity index (χ0n) is 17.5. The second-order valence-corrected chi connectivity index (χ2v) is 9.29. The number of tetrazole rings is 1. The molecule has 0 saturated carbocycles. The van der Waals surface area contributed by atoms with Crippen molar-refractivity contribution in [1.82, 2.24) is 25.9 Å². The number of nitrogens with zero attached hydrogens (tertiary/aromatic N) is 3. The molecule has 1 heterocycles. The molecule has 8 nitrogen and oxygen atoms in total. The maximum atomic E-state index is 12.6. The summed E-state index contributed by atoms with van der Waals surface area (Å²) in [6.45, 7) is 1.89. The molecule has 3 N–H and O–H groups in total. The van der Waals surface area contributed by atoms with Gasteiger partial charge in [0.15, 0.2) is 5.82 Å². The van der Waals surface area contributed by atoms with Crippen LogP contribution >= 0.6 is 7.60 Å². The molecule has 0 fully saturated rings. The fourth-order valence-corrected chi connectivity index (χ4v) is 4.33. The van der Waals surface area contributed by atoms with Crippen LogP contribution in [0.3, 0.4) is 0 Å². The molecule has 0 radical (unpaired) electrons. The number of nitrogens with one attached hydrogen (secondary N) is 2. The molecule has 0 aliphatic heterocycles. The molecule has 0 aliphatic rings. The first-order valence-corrected chi connectivity index (χ1v) is 11.9. The van der Waals surface area contributed by atoms with Gasteiger partial charge in [-0.3, -0.25) is 5.32 Å². The summed E-state index contributed by atoms with van der Waals surface area (Å²) >= 11 is 0. The molecular formula is C23H24N5O3P. The highest BCUT2D eigenvalue weighted by Crippen LogP contribution is 2.42. The van der Waals surface area contributed by atoms with Crippen molar-refractivity contribution in [2.45, 2.75) is 19.4 Å². The number of benzene rings is 3. The molecule has 2 unspecified atom stereocenters. The first-order chi connectivity index (χ1) is 15.5. The molecule has 0 saturated heterocycles. The van der Waals surface area contributed by atoms with Gasteiger partial charge in [-0.05, 0) is 58.2 Å². The first kappa shape index (κ1) is 21.9. The number of aromatic amines is 1. The number of hydrogen-bond acceptors (Lipinski definition) is 6. The topological polar surface area (TPSA) is 113 Å². The van der Waals surface area contributed by atoms with Crippen LogP contribution in [0.5, 0.6) is 5.75 Å². The van der Waals surface area contributed by atoms with Gasteiger partial charge in [-0.2, -0.15) is 0 Å². The summed E-state index contributed by atoms with van der Waals surface area (Å²) in [5, 5.41) is 17.1. The predicted molar refractivity (Wildman–Crippen MR) is 122 cm³/mol. The highest BCUT2D eigenvalue weighted by atomic mass is 31.2. The van der Waals surface area contributed by atoms with Crippen molar-refractivity contribution in [2.24, 2.45) is 0 Å². The molecule has 164 valence electrons. The molecule has 32 heavy (non-hydrogen) atoms. The third kappa shape index (κ3) is 5.88. The Morgan fingerprint density at radius 3 is 2.47 bits per heavy atom. The molecule has 0 aliphatic carbocycles. The maximum Gasteiger partial charge on any atom is 0.390 e. The largest absolute Gasteiger partial charge is 0.424 e. The molecule has 0 amide bonds. The molecule has 0 bridgehead atoms. The minimum Gasteiger partial charge on any atom is -0.424 e. The number of H-pyrrole nitrogens is 1. The van der Waals surface area contributed by atoms with Gasteiger partial charge in [-0.15, -0.1) is 5.10 Å². The van der Waals surface area contributed by atoms with Crippen LogP contribution in [0.25, 0.3) is 11.1 Å². The van der Waals surface area contributed by atoms with E-state index in [9.17, 15) is 9.46 Å². The van der Waals surface area contributed by atoms with Crippen LogP contribution in [0.2, 0.25) is 0 Å². The van der Waals surface area contributed by atoms with Gasteiger partial charge in [0.2, 0.25) is 0 Å². The average Bonchev–Trinajstić information content (AvgIpc) is 3.32. The summed E-state index contributed by atoms with van der Waals surface area (Å²) < 4.78 is 18.0. The van der Waals surface area contributed by atoms with E-state index in [1.54, 1.807) is 18.2 Å². The van der Waals surface area contributed by atoms with Crippen molar-refractivity contribution >= 4 is 7.60 Å². The van der Waals surface area contributed by atoms with Gasteiger partial charge < -0.3 is 9.42 Å². The van der Waals surface area contributed by atoms with E-state index in [2.05, 4.69) is 50.2 Å². The van der Waals surface area contributed by atoms with Crippen LogP contribution in [0, 0.1) is 6.92 Å². The Morgan fingerprint density at radius 2 is 1.78 bits per heavy atom. The molecule has 1 aromatic heterocycles. The standard InChI is InChI=1S/C23H24N5O3P/c1-17-6-5-9-21(14-17)31-32(29,30)16-24-22(23-25-27-28-26-23)15-18-10-12-20(13-11-18)19-7-3-2-4-8-19/h2-14,22,24H,15-16H2,1H3,(H,29,30)(H,25,26,27,28). The maximum absolute atomic E-state index is 12.6. The summed E-state index contributed by atoms with van der Waals surface area (Å²) in [5.74, 6) is 0.833. The Hall–Kier alpha value is -3.32. The summed E-state index contributed by atoms with van der Waals surface area (Å²) in [6, 6.07) is 24.9. The van der Waals surface area contributed by atoms with Crippen LogP contribution in [0.15, 0.2) is 78.9 Å². The Kier molecular flexibility index (Phi) is 6.75. The summed E-state index contributed by atoms with van der Waals surface area (Å²) in [6.07, 6.45) is 0.269. The van der Waals surface area contributed by atoms with E-state index in [1.165, 1.54) is 0 Å². The van der Waals surface area contributed by atoms with Gasteiger partial charge in [0.05, 0.1) is 6.04 Å². The van der Waals surface area contributed by atoms with E-state index in [0.717, 1.165) is 22.3 Å². The third-order valence-electron chi connectivity index (χ3n) is 4.97. The Morgan fingerprint density at radius 1 is 1.03 bits per heavy atom. The quantitative estimate of drug-likeness (QED) is 0.327. The van der Waals surface area contributed by atoms with E-state index in [-0.39, 0.29) is 6.29 Å². The van der Waals surface area contributed by atoms with E-state index in [4.69, 9.17) is 4.52 Å².